The van der Waals surface area contributed by atoms with E-state index in [-0.39, 0.29) is 5.02 Å². The zero-order valence-corrected chi connectivity index (χ0v) is 9.91. The molecule has 0 spiro atoms. The van der Waals surface area contributed by atoms with Gasteiger partial charge in [0.25, 0.3) is 0 Å². The lowest BCUT2D eigenvalue weighted by atomic mass is 10.0. The SMILES string of the molecule is CC1CC(O)c2cc(Cl)c(F)cc2CS1. The number of fused-ring (bicyclic) bond motifs is 1. The molecule has 0 saturated carbocycles. The first-order valence-corrected chi connectivity index (χ1v) is 6.28. The maximum Gasteiger partial charge on any atom is 0.142 e. The Balaban J connectivity index is 2.45. The summed E-state index contributed by atoms with van der Waals surface area (Å²) in [6.45, 7) is 2.07. The number of rotatable bonds is 0. The number of thioether (sulfide) groups is 1. The molecule has 0 fully saturated rings. The molecule has 2 atom stereocenters. The summed E-state index contributed by atoms with van der Waals surface area (Å²) in [7, 11) is 0. The van der Waals surface area contributed by atoms with Crippen molar-refractivity contribution in [2.45, 2.75) is 30.5 Å². The molecule has 0 saturated heterocycles. The Hall–Kier alpha value is -0.250. The second kappa shape index (κ2) is 4.32. The van der Waals surface area contributed by atoms with Gasteiger partial charge in [-0.05, 0) is 29.7 Å². The fourth-order valence-corrected chi connectivity index (χ4v) is 2.98. The molecule has 0 aromatic heterocycles. The van der Waals surface area contributed by atoms with Gasteiger partial charge in [0, 0.05) is 11.0 Å². The molecule has 4 heteroatoms. The van der Waals surface area contributed by atoms with E-state index in [9.17, 15) is 9.50 Å². The number of hydrogen-bond acceptors (Lipinski definition) is 2. The maximum absolute atomic E-state index is 13.2. The van der Waals surface area contributed by atoms with Gasteiger partial charge in [0.05, 0.1) is 11.1 Å². The van der Waals surface area contributed by atoms with Gasteiger partial charge >= 0.3 is 0 Å². The first-order chi connectivity index (χ1) is 7.08. The predicted molar refractivity (Wildman–Crippen MR) is 61.7 cm³/mol. The van der Waals surface area contributed by atoms with Crippen molar-refractivity contribution in [1.29, 1.82) is 0 Å². The van der Waals surface area contributed by atoms with Gasteiger partial charge in [-0.15, -0.1) is 0 Å². The van der Waals surface area contributed by atoms with Gasteiger partial charge in [-0.2, -0.15) is 11.8 Å². The molecule has 1 heterocycles. The minimum Gasteiger partial charge on any atom is -0.388 e. The van der Waals surface area contributed by atoms with Crippen LogP contribution in [-0.4, -0.2) is 10.4 Å². The molecule has 1 aliphatic heterocycles. The van der Waals surface area contributed by atoms with Crippen LogP contribution in [0.15, 0.2) is 12.1 Å². The van der Waals surface area contributed by atoms with E-state index in [4.69, 9.17) is 11.6 Å². The van der Waals surface area contributed by atoms with Gasteiger partial charge in [-0.1, -0.05) is 18.5 Å². The summed E-state index contributed by atoms with van der Waals surface area (Å²) in [4.78, 5) is 0. The van der Waals surface area contributed by atoms with Crippen LogP contribution in [0.5, 0.6) is 0 Å². The zero-order valence-electron chi connectivity index (χ0n) is 8.34. The van der Waals surface area contributed by atoms with Crippen molar-refractivity contribution in [3.63, 3.8) is 0 Å². The lowest BCUT2D eigenvalue weighted by molar-refractivity contribution is 0.168. The Bertz CT molecular complexity index is 383. The van der Waals surface area contributed by atoms with E-state index in [0.717, 1.165) is 16.9 Å². The molecule has 82 valence electrons. The van der Waals surface area contributed by atoms with Crippen molar-refractivity contribution in [3.05, 3.63) is 34.1 Å². The van der Waals surface area contributed by atoms with Gasteiger partial charge < -0.3 is 5.11 Å². The van der Waals surface area contributed by atoms with Crippen LogP contribution < -0.4 is 0 Å². The van der Waals surface area contributed by atoms with Crippen LogP contribution in [0.3, 0.4) is 0 Å². The fraction of sp³-hybridized carbons (Fsp3) is 0.455. The summed E-state index contributed by atoms with van der Waals surface area (Å²) < 4.78 is 13.2. The molecule has 2 unspecified atom stereocenters. The zero-order chi connectivity index (χ0) is 11.0. The van der Waals surface area contributed by atoms with Gasteiger partial charge in [-0.3, -0.25) is 0 Å². The normalized spacial score (nSPS) is 25.9. The Labute approximate surface area is 97.6 Å². The summed E-state index contributed by atoms with van der Waals surface area (Å²) in [5.41, 5.74) is 1.64. The monoisotopic (exact) mass is 246 g/mol. The molecule has 0 radical (unpaired) electrons. The van der Waals surface area contributed by atoms with Crippen molar-refractivity contribution in [1.82, 2.24) is 0 Å². The molecule has 2 rings (SSSR count). The highest BCUT2D eigenvalue weighted by molar-refractivity contribution is 7.99. The van der Waals surface area contributed by atoms with Crippen molar-refractivity contribution in [3.8, 4) is 0 Å². The van der Waals surface area contributed by atoms with Crippen LogP contribution in [0.4, 0.5) is 4.39 Å². The third-order valence-electron chi connectivity index (χ3n) is 2.62. The first kappa shape index (κ1) is 11.2. The predicted octanol–water partition coefficient (Wildman–Crippen LogP) is 3.54. The van der Waals surface area contributed by atoms with E-state index in [1.54, 1.807) is 17.8 Å². The standard InChI is InChI=1S/C11H12ClFOS/c1-6-2-11(14)8-4-9(12)10(13)3-7(8)5-15-6/h3-4,6,11,14H,2,5H2,1H3. The third kappa shape index (κ3) is 2.30. The molecular weight excluding hydrogens is 235 g/mol. The Morgan fingerprint density at radius 2 is 2.27 bits per heavy atom. The highest BCUT2D eigenvalue weighted by atomic mass is 35.5. The molecular formula is C11H12ClFOS. The molecule has 0 aliphatic carbocycles. The molecule has 0 bridgehead atoms. The Morgan fingerprint density at radius 1 is 1.53 bits per heavy atom. The van der Waals surface area contributed by atoms with Crippen molar-refractivity contribution in [2.24, 2.45) is 0 Å². The van der Waals surface area contributed by atoms with Gasteiger partial charge in [0.2, 0.25) is 0 Å². The van der Waals surface area contributed by atoms with Crippen molar-refractivity contribution in [2.75, 3.05) is 0 Å². The van der Waals surface area contributed by atoms with Crippen LogP contribution in [0.1, 0.15) is 30.6 Å². The highest BCUT2D eigenvalue weighted by Gasteiger charge is 2.22. The molecule has 1 N–H and O–H groups in total. The van der Waals surface area contributed by atoms with E-state index in [1.165, 1.54) is 6.07 Å². The topological polar surface area (TPSA) is 20.2 Å². The second-order valence-corrected chi connectivity index (χ2v) is 5.67. The average molecular weight is 247 g/mol. The number of hydrogen-bond donors (Lipinski definition) is 1. The summed E-state index contributed by atoms with van der Waals surface area (Å²) in [6, 6.07) is 2.99. The third-order valence-corrected chi connectivity index (χ3v) is 4.15. The average Bonchev–Trinajstić information content (AvgIpc) is 2.30. The molecule has 15 heavy (non-hydrogen) atoms. The molecule has 1 aromatic rings. The minimum atomic E-state index is -0.525. The molecule has 1 aromatic carbocycles. The highest BCUT2D eigenvalue weighted by Crippen LogP contribution is 2.36. The molecule has 1 aliphatic rings. The Kier molecular flexibility index (Phi) is 3.24. The second-order valence-electron chi connectivity index (χ2n) is 3.84. The number of aliphatic hydroxyl groups excluding tert-OH is 1. The smallest absolute Gasteiger partial charge is 0.142 e. The minimum absolute atomic E-state index is 0.0901. The summed E-state index contributed by atoms with van der Waals surface area (Å²) in [5.74, 6) is 0.333. The van der Waals surface area contributed by atoms with Crippen LogP contribution >= 0.6 is 23.4 Å². The maximum atomic E-state index is 13.2. The molecule has 0 amide bonds. The van der Waals surface area contributed by atoms with E-state index >= 15 is 0 Å². The van der Waals surface area contributed by atoms with Crippen LogP contribution in [0.25, 0.3) is 0 Å². The molecule has 1 nitrogen and oxygen atoms in total. The van der Waals surface area contributed by atoms with Crippen LogP contribution in [-0.2, 0) is 5.75 Å². The van der Waals surface area contributed by atoms with E-state index in [2.05, 4.69) is 6.92 Å². The van der Waals surface area contributed by atoms with Gasteiger partial charge in [0.1, 0.15) is 5.82 Å². The van der Waals surface area contributed by atoms with Crippen LogP contribution in [0, 0.1) is 5.82 Å². The summed E-state index contributed by atoms with van der Waals surface area (Å²) in [5, 5.41) is 10.4. The number of halogens is 2. The first-order valence-electron chi connectivity index (χ1n) is 4.85. The Morgan fingerprint density at radius 3 is 3.00 bits per heavy atom. The van der Waals surface area contributed by atoms with Gasteiger partial charge in [0.15, 0.2) is 0 Å². The largest absolute Gasteiger partial charge is 0.388 e. The number of benzene rings is 1. The van der Waals surface area contributed by atoms with E-state index in [0.29, 0.717) is 11.7 Å². The van der Waals surface area contributed by atoms with E-state index < -0.39 is 11.9 Å². The van der Waals surface area contributed by atoms with Gasteiger partial charge in [-0.25, -0.2) is 4.39 Å². The lowest BCUT2D eigenvalue weighted by Gasteiger charge is -2.13. The van der Waals surface area contributed by atoms with E-state index in [1.807, 2.05) is 0 Å². The lowest BCUT2D eigenvalue weighted by Crippen LogP contribution is -2.04. The number of aliphatic hydroxyl groups is 1. The summed E-state index contributed by atoms with van der Waals surface area (Å²) in [6.07, 6.45) is 0.169. The van der Waals surface area contributed by atoms with Crippen molar-refractivity contribution < 1.29 is 9.50 Å². The van der Waals surface area contributed by atoms with Crippen LogP contribution in [0.2, 0.25) is 5.02 Å². The fourth-order valence-electron chi connectivity index (χ4n) is 1.78. The summed E-state index contributed by atoms with van der Waals surface area (Å²) >= 11 is 7.44. The van der Waals surface area contributed by atoms with Crippen molar-refractivity contribution >= 4 is 23.4 Å². The quantitative estimate of drug-likeness (QED) is 0.756.